The van der Waals surface area contributed by atoms with Crippen molar-refractivity contribution in [1.29, 1.82) is 0 Å². The van der Waals surface area contributed by atoms with E-state index in [0.717, 1.165) is 0 Å². The third-order valence-electron chi connectivity index (χ3n) is 4.35. The molecule has 3 rings (SSSR count). The monoisotopic (exact) mass is 376 g/mol. The lowest BCUT2D eigenvalue weighted by atomic mass is 9.99. The number of hydrogen-bond donors (Lipinski definition) is 5. The van der Waals surface area contributed by atoms with E-state index in [1.807, 2.05) is 0 Å². The van der Waals surface area contributed by atoms with Gasteiger partial charge in [0.25, 0.3) is 0 Å². The van der Waals surface area contributed by atoms with Crippen molar-refractivity contribution < 1.29 is 39.8 Å². The molecule has 0 saturated carbocycles. The maximum Gasteiger partial charge on any atom is 0.229 e. The molecule has 8 heteroatoms. The number of carbonyl (C=O) groups excluding carboxylic acids is 1. The Morgan fingerprint density at radius 3 is 2.33 bits per heavy atom. The van der Waals surface area contributed by atoms with Crippen LogP contribution in [-0.4, -0.2) is 68.6 Å². The van der Waals surface area contributed by atoms with Crippen molar-refractivity contribution in [2.75, 3.05) is 6.61 Å². The maximum atomic E-state index is 12.4. The van der Waals surface area contributed by atoms with Crippen molar-refractivity contribution in [1.82, 2.24) is 0 Å². The molecule has 1 unspecified atom stereocenters. The van der Waals surface area contributed by atoms with Gasteiger partial charge in [-0.05, 0) is 12.1 Å². The van der Waals surface area contributed by atoms with Crippen molar-refractivity contribution in [3.05, 3.63) is 59.7 Å². The van der Waals surface area contributed by atoms with Crippen LogP contribution in [0.25, 0.3) is 0 Å². The number of hydrogen-bond acceptors (Lipinski definition) is 8. The Balaban J connectivity index is 1.77. The number of ether oxygens (including phenoxy) is 2. The predicted octanol–water partition coefficient (Wildman–Crippen LogP) is -0.198. The molecule has 0 amide bonds. The van der Waals surface area contributed by atoms with E-state index >= 15 is 0 Å². The first-order valence-electron chi connectivity index (χ1n) is 8.32. The third-order valence-corrected chi connectivity index (χ3v) is 4.35. The Morgan fingerprint density at radius 1 is 1.00 bits per heavy atom. The Morgan fingerprint density at radius 2 is 1.70 bits per heavy atom. The molecule has 1 saturated heterocycles. The van der Waals surface area contributed by atoms with Gasteiger partial charge in [-0.25, -0.2) is 0 Å². The van der Waals surface area contributed by atoms with Crippen LogP contribution in [0.5, 0.6) is 11.5 Å². The second-order valence-electron chi connectivity index (χ2n) is 6.19. The van der Waals surface area contributed by atoms with E-state index < -0.39 is 37.3 Å². The smallest absolute Gasteiger partial charge is 0.229 e. The highest BCUT2D eigenvalue weighted by molar-refractivity contribution is 6.10. The molecule has 2 aromatic rings. The zero-order valence-corrected chi connectivity index (χ0v) is 14.2. The van der Waals surface area contributed by atoms with Crippen LogP contribution in [0.1, 0.15) is 15.9 Å². The summed E-state index contributed by atoms with van der Waals surface area (Å²) in [6.45, 7) is -0.583. The van der Waals surface area contributed by atoms with Crippen molar-refractivity contribution >= 4 is 5.78 Å². The first-order chi connectivity index (χ1) is 12.9. The number of phenols is 1. The number of carbonyl (C=O) groups is 1. The van der Waals surface area contributed by atoms with Gasteiger partial charge in [-0.1, -0.05) is 30.3 Å². The molecule has 27 heavy (non-hydrogen) atoms. The summed E-state index contributed by atoms with van der Waals surface area (Å²) in [5.74, 6) is -0.625. The molecule has 0 aromatic heterocycles. The number of aromatic hydroxyl groups is 1. The van der Waals surface area contributed by atoms with Crippen LogP contribution in [0.2, 0.25) is 0 Å². The summed E-state index contributed by atoms with van der Waals surface area (Å²) in [7, 11) is 0. The standard InChI is InChI=1S/C19H20O8/c20-9-14-16(23)17(24)18(25)19(27-14)26-11-6-7-12(13(21)8-11)15(22)10-4-2-1-3-5-10/h1-8,14,16-21,23-25H,9H2/t14-,16-,17+,18-,19?/m1/s1. The molecule has 5 N–H and O–H groups in total. The molecule has 1 heterocycles. The average Bonchev–Trinajstić information content (AvgIpc) is 2.68. The molecule has 0 radical (unpaired) electrons. The van der Waals surface area contributed by atoms with Crippen LogP contribution in [0, 0.1) is 0 Å². The van der Waals surface area contributed by atoms with E-state index in [9.17, 15) is 30.3 Å². The summed E-state index contributed by atoms with van der Waals surface area (Å²) in [5.41, 5.74) is 0.484. The molecule has 0 spiro atoms. The number of rotatable bonds is 5. The lowest BCUT2D eigenvalue weighted by molar-refractivity contribution is -0.277. The summed E-state index contributed by atoms with van der Waals surface area (Å²) in [5, 5.41) is 48.9. The van der Waals surface area contributed by atoms with Gasteiger partial charge in [0.1, 0.15) is 35.9 Å². The molecule has 2 aromatic carbocycles. The quantitative estimate of drug-likeness (QED) is 0.453. The molecule has 144 valence electrons. The largest absolute Gasteiger partial charge is 0.507 e. The normalized spacial score (nSPS) is 27.9. The Labute approximate surface area is 154 Å². The minimum absolute atomic E-state index is 0.0708. The molecule has 8 nitrogen and oxygen atoms in total. The summed E-state index contributed by atoms with van der Waals surface area (Å²) >= 11 is 0. The molecule has 1 fully saturated rings. The van der Waals surface area contributed by atoms with Gasteiger partial charge in [0.2, 0.25) is 6.29 Å². The zero-order valence-electron chi connectivity index (χ0n) is 14.2. The van der Waals surface area contributed by atoms with Gasteiger partial charge in [-0.15, -0.1) is 0 Å². The van der Waals surface area contributed by atoms with Gasteiger partial charge >= 0.3 is 0 Å². The van der Waals surface area contributed by atoms with Crippen LogP contribution in [-0.2, 0) is 4.74 Å². The van der Waals surface area contributed by atoms with Crippen LogP contribution in [0.3, 0.4) is 0 Å². The van der Waals surface area contributed by atoms with E-state index in [2.05, 4.69) is 0 Å². The van der Waals surface area contributed by atoms with Crippen molar-refractivity contribution in [3.8, 4) is 11.5 Å². The Kier molecular flexibility index (Phi) is 5.73. The first kappa shape index (κ1) is 19.3. The number of ketones is 1. The van der Waals surface area contributed by atoms with Crippen LogP contribution in [0.15, 0.2) is 48.5 Å². The molecule has 5 atom stereocenters. The lowest BCUT2D eigenvalue weighted by Crippen LogP contribution is -2.60. The Hall–Kier alpha value is -2.49. The highest BCUT2D eigenvalue weighted by Crippen LogP contribution is 2.29. The SMILES string of the molecule is O=C(c1ccccc1)c1ccc(OC2O[C@H](CO)[C@@H](O)[C@H](O)[C@H]2O)cc1O. The zero-order chi connectivity index (χ0) is 19.6. The average molecular weight is 376 g/mol. The second kappa shape index (κ2) is 8.03. The maximum absolute atomic E-state index is 12.4. The second-order valence-corrected chi connectivity index (χ2v) is 6.19. The fourth-order valence-corrected chi connectivity index (χ4v) is 2.82. The number of phenolic OH excluding ortho intramolecular Hbond substituents is 1. The minimum atomic E-state index is -1.58. The van der Waals surface area contributed by atoms with Crippen molar-refractivity contribution in [3.63, 3.8) is 0 Å². The lowest BCUT2D eigenvalue weighted by Gasteiger charge is -2.39. The first-order valence-corrected chi connectivity index (χ1v) is 8.32. The van der Waals surface area contributed by atoms with Gasteiger partial charge < -0.3 is 35.0 Å². The van der Waals surface area contributed by atoms with Crippen LogP contribution >= 0.6 is 0 Å². The molecular weight excluding hydrogens is 356 g/mol. The molecule has 1 aliphatic heterocycles. The van der Waals surface area contributed by atoms with E-state index in [0.29, 0.717) is 5.56 Å². The van der Waals surface area contributed by atoms with Gasteiger partial charge in [0.05, 0.1) is 12.2 Å². The molecule has 0 aliphatic carbocycles. The van der Waals surface area contributed by atoms with Crippen molar-refractivity contribution in [2.24, 2.45) is 0 Å². The van der Waals surface area contributed by atoms with Crippen LogP contribution < -0.4 is 4.74 Å². The topological polar surface area (TPSA) is 137 Å². The Bertz CT molecular complexity index is 792. The molecule has 0 bridgehead atoms. The van der Waals surface area contributed by atoms with Gasteiger partial charge in [0, 0.05) is 11.6 Å². The highest BCUT2D eigenvalue weighted by Gasteiger charge is 2.44. The summed E-state index contributed by atoms with van der Waals surface area (Å²) in [4.78, 5) is 12.4. The van der Waals surface area contributed by atoms with Gasteiger partial charge in [-0.3, -0.25) is 4.79 Å². The fourth-order valence-electron chi connectivity index (χ4n) is 2.82. The van der Waals surface area contributed by atoms with E-state index in [1.54, 1.807) is 30.3 Å². The number of aliphatic hydroxyl groups excluding tert-OH is 4. The third kappa shape index (κ3) is 3.95. The van der Waals surface area contributed by atoms with Gasteiger partial charge in [-0.2, -0.15) is 0 Å². The van der Waals surface area contributed by atoms with E-state index in [1.165, 1.54) is 18.2 Å². The summed E-state index contributed by atoms with van der Waals surface area (Å²) in [6.07, 6.45) is -7.13. The highest BCUT2D eigenvalue weighted by atomic mass is 16.7. The fraction of sp³-hybridized carbons (Fsp3) is 0.316. The van der Waals surface area contributed by atoms with Crippen LogP contribution in [0.4, 0.5) is 0 Å². The number of aliphatic hydroxyl groups is 4. The molecular formula is C19H20O8. The van der Waals surface area contributed by atoms with E-state index in [-0.39, 0.29) is 22.8 Å². The number of benzene rings is 2. The van der Waals surface area contributed by atoms with Crippen molar-refractivity contribution in [2.45, 2.75) is 30.7 Å². The molecule has 1 aliphatic rings. The summed E-state index contributed by atoms with van der Waals surface area (Å²) in [6, 6.07) is 12.4. The van der Waals surface area contributed by atoms with Gasteiger partial charge in [0.15, 0.2) is 5.78 Å². The van der Waals surface area contributed by atoms with E-state index in [4.69, 9.17) is 9.47 Å². The predicted molar refractivity (Wildman–Crippen MR) is 92.4 cm³/mol. The summed E-state index contributed by atoms with van der Waals surface area (Å²) < 4.78 is 10.7. The minimum Gasteiger partial charge on any atom is -0.507 e.